The van der Waals surface area contributed by atoms with Crippen molar-refractivity contribution in [3.63, 3.8) is 0 Å². The molecule has 0 bridgehead atoms. The molecule has 1 atom stereocenters. The fourth-order valence-electron chi connectivity index (χ4n) is 2.94. The highest BCUT2D eigenvalue weighted by molar-refractivity contribution is 5.79. The van der Waals surface area contributed by atoms with Crippen LogP contribution in [0.1, 0.15) is 5.56 Å². The molecule has 0 aliphatic rings. The van der Waals surface area contributed by atoms with Gasteiger partial charge >= 0.3 is 11.7 Å². The SMILES string of the molecule is Cn1c(=O)c2c(nc(NNC(O)/C=C/C(=O)O)n2C/C=C/c2ccccc2)n(C)c1=O. The number of allylic oxidation sites excluding steroid dienone is 1. The van der Waals surface area contributed by atoms with Crippen molar-refractivity contribution >= 4 is 29.2 Å². The number of aryl methyl sites for hydroxylation is 1. The summed E-state index contributed by atoms with van der Waals surface area (Å²) in [6.45, 7) is 0.240. The highest BCUT2D eigenvalue weighted by Crippen LogP contribution is 2.15. The van der Waals surface area contributed by atoms with Crippen LogP contribution >= 0.6 is 0 Å². The number of rotatable bonds is 8. The van der Waals surface area contributed by atoms with Crippen LogP contribution in [-0.2, 0) is 25.4 Å². The van der Waals surface area contributed by atoms with Gasteiger partial charge in [0.25, 0.3) is 5.56 Å². The number of fused-ring (bicyclic) bond motifs is 1. The predicted molar refractivity (Wildman–Crippen MR) is 115 cm³/mol. The molecule has 4 N–H and O–H groups in total. The summed E-state index contributed by atoms with van der Waals surface area (Å²) in [5, 5.41) is 18.5. The van der Waals surface area contributed by atoms with Gasteiger partial charge in [-0.25, -0.2) is 15.0 Å². The summed E-state index contributed by atoms with van der Waals surface area (Å²) in [5.74, 6) is -1.05. The number of benzene rings is 1. The summed E-state index contributed by atoms with van der Waals surface area (Å²) in [6, 6.07) is 9.57. The van der Waals surface area contributed by atoms with Gasteiger partial charge in [0.1, 0.15) is 6.23 Å². The Morgan fingerprint density at radius 1 is 1.19 bits per heavy atom. The number of hydrazine groups is 1. The quantitative estimate of drug-likeness (QED) is 0.224. The van der Waals surface area contributed by atoms with E-state index in [1.54, 1.807) is 4.57 Å². The first-order valence-corrected chi connectivity index (χ1v) is 9.28. The molecule has 2 aromatic heterocycles. The zero-order valence-electron chi connectivity index (χ0n) is 16.9. The lowest BCUT2D eigenvalue weighted by Crippen LogP contribution is -2.37. The second-order valence-corrected chi connectivity index (χ2v) is 6.65. The predicted octanol–water partition coefficient (Wildman–Crippen LogP) is 0.0228. The fraction of sp³-hybridized carbons (Fsp3) is 0.200. The molecule has 1 aromatic carbocycles. The molecule has 31 heavy (non-hydrogen) atoms. The van der Waals surface area contributed by atoms with E-state index in [4.69, 9.17) is 5.11 Å². The molecular formula is C20H22N6O5. The van der Waals surface area contributed by atoms with Crippen molar-refractivity contribution < 1.29 is 15.0 Å². The number of aliphatic hydroxyl groups excluding tert-OH is 1. The lowest BCUT2D eigenvalue weighted by atomic mass is 10.2. The number of hydrogen-bond acceptors (Lipinski definition) is 7. The molecule has 0 aliphatic heterocycles. The van der Waals surface area contributed by atoms with E-state index in [2.05, 4.69) is 15.8 Å². The zero-order chi connectivity index (χ0) is 22.5. The van der Waals surface area contributed by atoms with E-state index in [0.29, 0.717) is 0 Å². The van der Waals surface area contributed by atoms with Crippen LogP contribution in [0, 0.1) is 0 Å². The van der Waals surface area contributed by atoms with E-state index >= 15 is 0 Å². The number of aromatic nitrogens is 4. The van der Waals surface area contributed by atoms with E-state index in [-0.39, 0.29) is 23.7 Å². The standard InChI is InChI=1S/C20H22N6O5/c1-24-17-16(18(30)25(2)20(24)31)26(12-6-9-13-7-4-3-5-8-13)19(21-17)23-22-14(27)10-11-15(28)29/h3-11,14,22,27H,12H2,1-2H3,(H,21,23)(H,28,29)/b9-6+,11-10+. The second-order valence-electron chi connectivity index (χ2n) is 6.65. The van der Waals surface area contributed by atoms with Gasteiger partial charge in [0.05, 0.1) is 0 Å². The van der Waals surface area contributed by atoms with Crippen molar-refractivity contribution in [2.45, 2.75) is 12.8 Å². The monoisotopic (exact) mass is 426 g/mol. The minimum Gasteiger partial charge on any atom is -0.478 e. The Morgan fingerprint density at radius 3 is 2.58 bits per heavy atom. The summed E-state index contributed by atoms with van der Waals surface area (Å²) in [5.41, 5.74) is 5.46. The Hall–Kier alpha value is -3.96. The van der Waals surface area contributed by atoms with Gasteiger partial charge in [-0.1, -0.05) is 42.5 Å². The number of nitrogens with one attached hydrogen (secondary N) is 2. The molecule has 0 saturated heterocycles. The maximum Gasteiger partial charge on any atom is 0.332 e. The van der Waals surface area contributed by atoms with Crippen LogP contribution in [0.3, 0.4) is 0 Å². The Bertz CT molecular complexity index is 1270. The van der Waals surface area contributed by atoms with Gasteiger partial charge < -0.3 is 10.2 Å². The van der Waals surface area contributed by atoms with Crippen molar-refractivity contribution in [1.29, 1.82) is 0 Å². The number of nitrogens with zero attached hydrogens (tertiary/aromatic N) is 4. The van der Waals surface area contributed by atoms with E-state index in [0.717, 1.165) is 22.3 Å². The highest BCUT2D eigenvalue weighted by atomic mass is 16.4. The molecular weight excluding hydrogens is 404 g/mol. The van der Waals surface area contributed by atoms with Crippen molar-refractivity contribution in [1.82, 2.24) is 24.1 Å². The molecule has 0 amide bonds. The average molecular weight is 426 g/mol. The number of carbonyl (C=O) groups is 1. The Morgan fingerprint density at radius 2 is 1.90 bits per heavy atom. The molecule has 2 heterocycles. The van der Waals surface area contributed by atoms with Gasteiger partial charge in [0, 0.05) is 26.7 Å². The molecule has 162 valence electrons. The number of anilines is 1. The molecule has 3 aromatic rings. The van der Waals surface area contributed by atoms with Crippen molar-refractivity contribution in [2.24, 2.45) is 14.1 Å². The van der Waals surface area contributed by atoms with Crippen LogP contribution in [0.2, 0.25) is 0 Å². The van der Waals surface area contributed by atoms with Crippen LogP contribution in [0.4, 0.5) is 5.95 Å². The van der Waals surface area contributed by atoms with Gasteiger partial charge in [-0.15, -0.1) is 0 Å². The molecule has 0 radical (unpaired) electrons. The third-order valence-electron chi connectivity index (χ3n) is 4.50. The molecule has 11 heteroatoms. The van der Waals surface area contributed by atoms with Crippen LogP contribution in [0.15, 0.2) is 58.1 Å². The summed E-state index contributed by atoms with van der Waals surface area (Å²) in [6.07, 6.45) is 4.17. The lowest BCUT2D eigenvalue weighted by molar-refractivity contribution is -0.131. The molecule has 0 saturated carbocycles. The van der Waals surface area contributed by atoms with Gasteiger partial charge in [0.15, 0.2) is 11.2 Å². The van der Waals surface area contributed by atoms with Gasteiger partial charge in [0.2, 0.25) is 5.95 Å². The minimum atomic E-state index is -1.34. The zero-order valence-corrected chi connectivity index (χ0v) is 16.9. The van der Waals surface area contributed by atoms with Gasteiger partial charge in [-0.3, -0.25) is 23.9 Å². The summed E-state index contributed by atoms with van der Waals surface area (Å²) in [4.78, 5) is 39.9. The number of carboxylic acids is 1. The molecule has 0 fully saturated rings. The Balaban J connectivity index is 2.00. The van der Waals surface area contributed by atoms with Crippen molar-refractivity contribution in [2.75, 3.05) is 5.43 Å². The lowest BCUT2D eigenvalue weighted by Gasteiger charge is -2.12. The second kappa shape index (κ2) is 9.24. The number of carboxylic acid groups (broad SMARTS) is 1. The largest absolute Gasteiger partial charge is 0.478 e. The molecule has 1 unspecified atom stereocenters. The Labute approximate surface area is 176 Å². The molecule has 0 aliphatic carbocycles. The Kier molecular flexibility index (Phi) is 6.48. The fourth-order valence-corrected chi connectivity index (χ4v) is 2.94. The maximum absolute atomic E-state index is 12.8. The van der Waals surface area contributed by atoms with Gasteiger partial charge in [-0.2, -0.15) is 4.98 Å². The van der Waals surface area contributed by atoms with E-state index < -0.39 is 23.4 Å². The van der Waals surface area contributed by atoms with E-state index in [1.165, 1.54) is 18.7 Å². The maximum atomic E-state index is 12.8. The molecule has 0 spiro atoms. The van der Waals surface area contributed by atoms with Crippen LogP contribution in [0.5, 0.6) is 0 Å². The summed E-state index contributed by atoms with van der Waals surface area (Å²) < 4.78 is 3.79. The number of aliphatic carboxylic acids is 1. The van der Waals surface area contributed by atoms with E-state index in [1.807, 2.05) is 42.5 Å². The average Bonchev–Trinajstić information content (AvgIpc) is 3.12. The van der Waals surface area contributed by atoms with Crippen LogP contribution in [0.25, 0.3) is 17.2 Å². The molecule has 11 nitrogen and oxygen atoms in total. The van der Waals surface area contributed by atoms with Gasteiger partial charge in [-0.05, 0) is 11.6 Å². The first kappa shape index (κ1) is 21.7. The summed E-state index contributed by atoms with van der Waals surface area (Å²) >= 11 is 0. The van der Waals surface area contributed by atoms with Crippen LogP contribution in [-0.4, -0.2) is 41.1 Å². The summed E-state index contributed by atoms with van der Waals surface area (Å²) in [7, 11) is 2.88. The topological polar surface area (TPSA) is 143 Å². The first-order chi connectivity index (χ1) is 14.8. The molecule has 3 rings (SSSR count). The number of hydrogen-bond donors (Lipinski definition) is 4. The smallest absolute Gasteiger partial charge is 0.332 e. The third-order valence-corrected chi connectivity index (χ3v) is 4.50. The number of aliphatic hydroxyl groups is 1. The van der Waals surface area contributed by atoms with Crippen LogP contribution < -0.4 is 22.1 Å². The first-order valence-electron chi connectivity index (χ1n) is 9.28. The minimum absolute atomic E-state index is 0.161. The van der Waals surface area contributed by atoms with Crippen molar-refractivity contribution in [3.8, 4) is 0 Å². The normalized spacial score (nSPS) is 12.7. The third kappa shape index (κ3) is 4.79. The van der Waals surface area contributed by atoms with Crippen molar-refractivity contribution in [3.05, 3.63) is 75.0 Å². The number of imidazole rings is 1. The van der Waals surface area contributed by atoms with E-state index in [9.17, 15) is 19.5 Å². The highest BCUT2D eigenvalue weighted by Gasteiger charge is 2.18.